The molecule has 0 amide bonds. The summed E-state index contributed by atoms with van der Waals surface area (Å²) in [6.07, 6.45) is 0. The first-order chi connectivity index (χ1) is 6.79. The Hall–Kier alpha value is -1.65. The smallest absolute Gasteiger partial charge is 0.272 e. The molecular weight excluding hydrogens is 201 g/mol. The highest BCUT2D eigenvalue weighted by Crippen LogP contribution is 2.25. The van der Waals surface area contributed by atoms with Crippen LogP contribution in [-0.4, -0.2) is 10.5 Å². The summed E-state index contributed by atoms with van der Waals surface area (Å²) in [6, 6.07) is 3.32. The molecule has 15 heavy (non-hydrogen) atoms. The quantitative estimate of drug-likeness (QED) is 0.560. The van der Waals surface area contributed by atoms with E-state index in [1.807, 2.05) is 0 Å². The highest BCUT2D eigenvalue weighted by Gasteiger charge is 2.17. The van der Waals surface area contributed by atoms with Crippen LogP contribution >= 0.6 is 0 Å². The molecule has 1 aromatic rings. The summed E-state index contributed by atoms with van der Waals surface area (Å²) in [7, 11) is 0. The number of nitro benzene ring substituents is 1. The second-order valence-corrected chi connectivity index (χ2v) is 4.09. The van der Waals surface area contributed by atoms with E-state index in [4.69, 9.17) is 4.74 Å². The van der Waals surface area contributed by atoms with Gasteiger partial charge >= 0.3 is 0 Å². The minimum atomic E-state index is -0.723. The molecule has 0 unspecified atom stereocenters. The normalized spacial score (nSPS) is 11.2. The summed E-state index contributed by atoms with van der Waals surface area (Å²) in [5, 5.41) is 10.3. The second-order valence-electron chi connectivity index (χ2n) is 4.09. The zero-order chi connectivity index (χ0) is 11.6. The fraction of sp³-hybridized carbons (Fsp3) is 0.400. The lowest BCUT2D eigenvalue weighted by Gasteiger charge is -2.21. The lowest BCUT2D eigenvalue weighted by molar-refractivity contribution is -0.385. The summed E-state index contributed by atoms with van der Waals surface area (Å²) in [6.45, 7) is 5.32. The number of nitrogens with zero attached hydrogens (tertiary/aromatic N) is 1. The van der Waals surface area contributed by atoms with Gasteiger partial charge in [0.15, 0.2) is 11.6 Å². The fourth-order valence-corrected chi connectivity index (χ4v) is 1.02. The van der Waals surface area contributed by atoms with Gasteiger partial charge in [0.2, 0.25) is 0 Å². The molecule has 0 saturated carbocycles. The van der Waals surface area contributed by atoms with Crippen molar-refractivity contribution in [3.8, 4) is 5.75 Å². The molecule has 0 atom stereocenters. The van der Waals surface area contributed by atoms with Crippen LogP contribution in [0, 0.1) is 15.9 Å². The SMILES string of the molecule is CC(C)(C)Oc1ccc([N+](=O)[O-])cc1F. The van der Waals surface area contributed by atoms with Crippen molar-refractivity contribution in [2.75, 3.05) is 0 Å². The molecule has 0 saturated heterocycles. The van der Waals surface area contributed by atoms with Gasteiger partial charge in [-0.2, -0.15) is 0 Å². The third-order valence-electron chi connectivity index (χ3n) is 1.54. The van der Waals surface area contributed by atoms with E-state index in [1.165, 1.54) is 12.1 Å². The Kier molecular flexibility index (Phi) is 2.93. The maximum absolute atomic E-state index is 13.3. The van der Waals surface area contributed by atoms with Crippen LogP contribution in [0.2, 0.25) is 0 Å². The second kappa shape index (κ2) is 3.84. The van der Waals surface area contributed by atoms with Gasteiger partial charge in [-0.1, -0.05) is 0 Å². The largest absolute Gasteiger partial charge is 0.485 e. The van der Waals surface area contributed by atoms with Crippen LogP contribution in [0.15, 0.2) is 18.2 Å². The molecule has 0 aliphatic carbocycles. The molecule has 1 aromatic carbocycles. The molecule has 4 nitrogen and oxygen atoms in total. The van der Waals surface area contributed by atoms with Crippen molar-refractivity contribution in [2.24, 2.45) is 0 Å². The number of ether oxygens (including phenoxy) is 1. The maximum Gasteiger partial charge on any atom is 0.272 e. The Morgan fingerprint density at radius 3 is 2.40 bits per heavy atom. The van der Waals surface area contributed by atoms with Gasteiger partial charge in [-0.25, -0.2) is 4.39 Å². The molecule has 0 N–H and O–H groups in total. The van der Waals surface area contributed by atoms with Crippen molar-refractivity contribution in [3.63, 3.8) is 0 Å². The van der Waals surface area contributed by atoms with Gasteiger partial charge in [0.05, 0.1) is 11.0 Å². The molecule has 0 aliphatic heterocycles. The van der Waals surface area contributed by atoms with Gasteiger partial charge in [0.25, 0.3) is 5.69 Å². The molecule has 82 valence electrons. The molecule has 0 fully saturated rings. The van der Waals surface area contributed by atoms with Crippen molar-refractivity contribution >= 4 is 5.69 Å². The minimum absolute atomic E-state index is 0.0214. The topological polar surface area (TPSA) is 52.4 Å². The minimum Gasteiger partial charge on any atom is -0.485 e. The van der Waals surface area contributed by atoms with Gasteiger partial charge in [-0.15, -0.1) is 0 Å². The van der Waals surface area contributed by atoms with Crippen molar-refractivity contribution in [3.05, 3.63) is 34.1 Å². The number of hydrogen-bond acceptors (Lipinski definition) is 3. The van der Waals surface area contributed by atoms with E-state index < -0.39 is 16.3 Å². The van der Waals surface area contributed by atoms with Crippen LogP contribution in [-0.2, 0) is 0 Å². The van der Waals surface area contributed by atoms with Crippen LogP contribution in [0.25, 0.3) is 0 Å². The van der Waals surface area contributed by atoms with Gasteiger partial charge < -0.3 is 4.74 Å². The van der Waals surface area contributed by atoms with Crippen molar-refractivity contribution in [1.29, 1.82) is 0 Å². The Balaban J connectivity index is 2.99. The number of non-ortho nitro benzene ring substituents is 1. The predicted octanol–water partition coefficient (Wildman–Crippen LogP) is 2.91. The van der Waals surface area contributed by atoms with Gasteiger partial charge in [-0.3, -0.25) is 10.1 Å². The van der Waals surface area contributed by atoms with Crippen LogP contribution in [0.1, 0.15) is 20.8 Å². The number of hydrogen-bond donors (Lipinski definition) is 0. The lowest BCUT2D eigenvalue weighted by atomic mass is 10.2. The Bertz CT molecular complexity index is 385. The van der Waals surface area contributed by atoms with Crippen LogP contribution in [0.3, 0.4) is 0 Å². The van der Waals surface area contributed by atoms with E-state index in [2.05, 4.69) is 0 Å². The molecule has 0 aliphatic rings. The standard InChI is InChI=1S/C10H12FNO3/c1-10(2,3)15-9-5-4-7(12(13)14)6-8(9)11/h4-6H,1-3H3. The third kappa shape index (κ3) is 3.19. The average molecular weight is 213 g/mol. The maximum atomic E-state index is 13.3. The molecule has 5 heteroatoms. The fourth-order valence-electron chi connectivity index (χ4n) is 1.02. The van der Waals surface area contributed by atoms with Gasteiger partial charge in [-0.05, 0) is 26.8 Å². The van der Waals surface area contributed by atoms with Crippen LogP contribution < -0.4 is 4.74 Å². The molecule has 0 aromatic heterocycles. The van der Waals surface area contributed by atoms with E-state index in [9.17, 15) is 14.5 Å². The number of rotatable bonds is 2. The summed E-state index contributed by atoms with van der Waals surface area (Å²) < 4.78 is 18.6. The Labute approximate surface area is 86.8 Å². The van der Waals surface area contributed by atoms with Crippen molar-refractivity contribution in [1.82, 2.24) is 0 Å². The Morgan fingerprint density at radius 1 is 1.40 bits per heavy atom. The van der Waals surface area contributed by atoms with Gasteiger partial charge in [0, 0.05) is 6.07 Å². The van der Waals surface area contributed by atoms with Gasteiger partial charge in [0.1, 0.15) is 5.60 Å². The zero-order valence-electron chi connectivity index (χ0n) is 8.78. The van der Waals surface area contributed by atoms with Crippen LogP contribution in [0.5, 0.6) is 5.75 Å². The molecular formula is C10H12FNO3. The third-order valence-corrected chi connectivity index (χ3v) is 1.54. The van der Waals surface area contributed by atoms with Crippen molar-refractivity contribution < 1.29 is 14.1 Å². The average Bonchev–Trinajstić information content (AvgIpc) is 2.05. The Morgan fingerprint density at radius 2 is 2.00 bits per heavy atom. The highest BCUT2D eigenvalue weighted by molar-refractivity contribution is 5.37. The molecule has 0 bridgehead atoms. The summed E-state index contributed by atoms with van der Waals surface area (Å²) in [5.41, 5.74) is -0.814. The monoisotopic (exact) mass is 213 g/mol. The van der Waals surface area contributed by atoms with E-state index in [-0.39, 0.29) is 11.4 Å². The van der Waals surface area contributed by atoms with Crippen molar-refractivity contribution in [2.45, 2.75) is 26.4 Å². The number of nitro groups is 1. The van der Waals surface area contributed by atoms with Crippen LogP contribution in [0.4, 0.5) is 10.1 Å². The van der Waals surface area contributed by atoms with E-state index in [0.717, 1.165) is 6.07 Å². The number of halogens is 1. The molecule has 0 heterocycles. The first kappa shape index (κ1) is 11.4. The predicted molar refractivity (Wildman–Crippen MR) is 53.4 cm³/mol. The number of benzene rings is 1. The summed E-state index contributed by atoms with van der Waals surface area (Å²) in [4.78, 5) is 9.70. The lowest BCUT2D eigenvalue weighted by Crippen LogP contribution is -2.23. The first-order valence-corrected chi connectivity index (χ1v) is 4.42. The van der Waals surface area contributed by atoms with E-state index in [0.29, 0.717) is 0 Å². The molecule has 0 radical (unpaired) electrons. The van der Waals surface area contributed by atoms with E-state index in [1.54, 1.807) is 20.8 Å². The highest BCUT2D eigenvalue weighted by atomic mass is 19.1. The zero-order valence-corrected chi connectivity index (χ0v) is 8.78. The first-order valence-electron chi connectivity index (χ1n) is 4.42. The summed E-state index contributed by atoms with van der Waals surface area (Å²) in [5.74, 6) is -0.702. The molecule has 0 spiro atoms. The molecule has 1 rings (SSSR count). The summed E-state index contributed by atoms with van der Waals surface area (Å²) >= 11 is 0. The van der Waals surface area contributed by atoms with E-state index >= 15 is 0 Å².